The molecule has 112 valence electrons. The summed E-state index contributed by atoms with van der Waals surface area (Å²) in [5, 5.41) is 0. The second kappa shape index (κ2) is 5.75. The molecule has 21 heavy (non-hydrogen) atoms. The predicted molar refractivity (Wildman–Crippen MR) is 81.6 cm³/mol. The minimum atomic E-state index is 0.663. The highest BCUT2D eigenvalue weighted by molar-refractivity contribution is 5.72. The molecule has 0 aliphatic carbocycles. The normalized spacial score (nSPS) is 24.9. The number of hydrogen-bond donors (Lipinski definition) is 2. The van der Waals surface area contributed by atoms with Crippen LogP contribution in [-0.4, -0.2) is 35.6 Å². The molecule has 2 aliphatic heterocycles. The van der Waals surface area contributed by atoms with E-state index in [4.69, 9.17) is 4.42 Å². The molecule has 0 saturated carbocycles. The predicted octanol–water partition coefficient (Wildman–Crippen LogP) is 1.91. The average Bonchev–Trinajstić information content (AvgIpc) is 3.17. The Balaban J connectivity index is 1.35. The summed E-state index contributed by atoms with van der Waals surface area (Å²) in [6.45, 7) is 4.22. The third kappa shape index (κ3) is 2.81. The van der Waals surface area contributed by atoms with Gasteiger partial charge < -0.3 is 4.42 Å². The van der Waals surface area contributed by atoms with Gasteiger partial charge in [0.05, 0.1) is 6.54 Å². The Labute approximate surface area is 124 Å². The van der Waals surface area contributed by atoms with Crippen LogP contribution in [0.25, 0.3) is 11.1 Å². The molecule has 2 aromatic rings. The third-order valence-corrected chi connectivity index (χ3v) is 4.77. The van der Waals surface area contributed by atoms with E-state index in [2.05, 4.69) is 20.7 Å². The molecule has 0 spiro atoms. The molecule has 1 aromatic heterocycles. The summed E-state index contributed by atoms with van der Waals surface area (Å²) in [5.74, 6) is 1.65. The van der Waals surface area contributed by atoms with E-state index in [-0.39, 0.29) is 0 Å². The van der Waals surface area contributed by atoms with Crippen molar-refractivity contribution in [2.24, 2.45) is 5.92 Å². The summed E-state index contributed by atoms with van der Waals surface area (Å²) in [7, 11) is 0. The molecule has 0 amide bonds. The molecular weight excluding hydrogens is 264 g/mol. The average molecular weight is 286 g/mol. The van der Waals surface area contributed by atoms with Crippen LogP contribution in [0.15, 0.2) is 28.7 Å². The molecule has 2 saturated heterocycles. The number of hydrogen-bond acceptors (Lipinski definition) is 5. The minimum absolute atomic E-state index is 0.663. The van der Waals surface area contributed by atoms with Crippen LogP contribution < -0.4 is 10.9 Å². The second-order valence-electron chi connectivity index (χ2n) is 6.16. The van der Waals surface area contributed by atoms with Crippen molar-refractivity contribution in [2.75, 3.05) is 19.6 Å². The summed E-state index contributed by atoms with van der Waals surface area (Å²) in [5.41, 5.74) is 8.51. The van der Waals surface area contributed by atoms with Crippen molar-refractivity contribution in [2.45, 2.75) is 31.8 Å². The Morgan fingerprint density at radius 1 is 1.19 bits per heavy atom. The molecule has 2 fully saturated rings. The Hall–Kier alpha value is -1.43. The summed E-state index contributed by atoms with van der Waals surface area (Å²) < 4.78 is 5.82. The van der Waals surface area contributed by atoms with Gasteiger partial charge in [-0.1, -0.05) is 12.1 Å². The highest BCUT2D eigenvalue weighted by Gasteiger charge is 2.28. The number of nitrogens with one attached hydrogen (secondary N) is 2. The van der Waals surface area contributed by atoms with E-state index in [1.165, 1.54) is 19.3 Å². The fraction of sp³-hybridized carbons (Fsp3) is 0.562. The number of hydrazine groups is 1. The van der Waals surface area contributed by atoms with Gasteiger partial charge in [-0.2, -0.15) is 0 Å². The zero-order valence-electron chi connectivity index (χ0n) is 12.2. The van der Waals surface area contributed by atoms with Crippen molar-refractivity contribution in [3.05, 3.63) is 30.2 Å². The first-order valence-electron chi connectivity index (χ1n) is 7.94. The largest absolute Gasteiger partial charge is 0.439 e. The molecule has 1 atom stereocenters. The van der Waals surface area contributed by atoms with E-state index < -0.39 is 0 Å². The number of fused-ring (bicyclic) bond motifs is 1. The summed E-state index contributed by atoms with van der Waals surface area (Å²) in [4.78, 5) is 7.03. The molecule has 2 N–H and O–H groups in total. The number of likely N-dealkylation sites (tertiary alicyclic amines) is 1. The van der Waals surface area contributed by atoms with Crippen molar-refractivity contribution in [1.29, 1.82) is 0 Å². The Morgan fingerprint density at radius 2 is 2.05 bits per heavy atom. The molecule has 1 unspecified atom stereocenters. The standard InChI is InChI=1S/C16H22N4O/c1-2-4-15-14(3-1)18-16(21-15)11-20-9-6-12(7-10-20)13-5-8-17-19-13/h1-4,12-13,17,19H,5-11H2. The smallest absolute Gasteiger partial charge is 0.209 e. The van der Waals surface area contributed by atoms with Crippen LogP contribution in [-0.2, 0) is 6.54 Å². The Bertz CT molecular complexity index is 564. The first-order chi connectivity index (χ1) is 10.4. The van der Waals surface area contributed by atoms with Crippen molar-refractivity contribution >= 4 is 11.1 Å². The lowest BCUT2D eigenvalue weighted by atomic mass is 9.88. The van der Waals surface area contributed by atoms with Crippen LogP contribution in [0, 0.1) is 5.92 Å². The maximum absolute atomic E-state index is 5.82. The highest BCUT2D eigenvalue weighted by Crippen LogP contribution is 2.25. The van der Waals surface area contributed by atoms with E-state index in [0.29, 0.717) is 6.04 Å². The summed E-state index contributed by atoms with van der Waals surface area (Å²) in [6.07, 6.45) is 3.79. The van der Waals surface area contributed by atoms with Crippen LogP contribution in [0.3, 0.4) is 0 Å². The maximum Gasteiger partial charge on any atom is 0.209 e. The molecule has 1 aromatic carbocycles. The molecule has 4 rings (SSSR count). The number of oxazole rings is 1. The quantitative estimate of drug-likeness (QED) is 0.902. The fourth-order valence-electron chi connectivity index (χ4n) is 3.55. The van der Waals surface area contributed by atoms with Gasteiger partial charge in [-0.05, 0) is 50.4 Å². The van der Waals surface area contributed by atoms with E-state index in [0.717, 1.165) is 49.1 Å². The van der Waals surface area contributed by atoms with Crippen LogP contribution >= 0.6 is 0 Å². The number of para-hydroxylation sites is 2. The van der Waals surface area contributed by atoms with Gasteiger partial charge in [0, 0.05) is 12.6 Å². The van der Waals surface area contributed by atoms with Gasteiger partial charge in [0.25, 0.3) is 0 Å². The Morgan fingerprint density at radius 3 is 2.81 bits per heavy atom. The molecule has 3 heterocycles. The van der Waals surface area contributed by atoms with E-state index in [1.807, 2.05) is 24.3 Å². The number of benzene rings is 1. The maximum atomic E-state index is 5.82. The second-order valence-corrected chi connectivity index (χ2v) is 6.16. The van der Waals surface area contributed by atoms with Gasteiger partial charge in [0.15, 0.2) is 5.58 Å². The number of nitrogens with zero attached hydrogens (tertiary/aromatic N) is 2. The van der Waals surface area contributed by atoms with E-state index in [1.54, 1.807) is 0 Å². The molecule has 5 nitrogen and oxygen atoms in total. The molecule has 0 radical (unpaired) electrons. The van der Waals surface area contributed by atoms with Gasteiger partial charge in [0.2, 0.25) is 5.89 Å². The highest BCUT2D eigenvalue weighted by atomic mass is 16.3. The van der Waals surface area contributed by atoms with Crippen molar-refractivity contribution in [3.63, 3.8) is 0 Å². The lowest BCUT2D eigenvalue weighted by molar-refractivity contribution is 0.146. The minimum Gasteiger partial charge on any atom is -0.439 e. The molecule has 0 bridgehead atoms. The van der Waals surface area contributed by atoms with Crippen molar-refractivity contribution in [3.8, 4) is 0 Å². The third-order valence-electron chi connectivity index (χ3n) is 4.77. The monoisotopic (exact) mass is 286 g/mol. The van der Waals surface area contributed by atoms with Gasteiger partial charge in [-0.3, -0.25) is 15.8 Å². The zero-order valence-corrected chi connectivity index (χ0v) is 12.2. The van der Waals surface area contributed by atoms with Crippen LogP contribution in [0.5, 0.6) is 0 Å². The van der Waals surface area contributed by atoms with Gasteiger partial charge in [-0.15, -0.1) is 0 Å². The first kappa shape index (κ1) is 13.2. The lowest BCUT2D eigenvalue weighted by Crippen LogP contribution is -2.42. The number of aromatic nitrogens is 1. The van der Waals surface area contributed by atoms with Crippen LogP contribution in [0.2, 0.25) is 0 Å². The fourth-order valence-corrected chi connectivity index (χ4v) is 3.55. The Kier molecular flexibility index (Phi) is 3.63. The number of piperidine rings is 1. The zero-order chi connectivity index (χ0) is 14.1. The van der Waals surface area contributed by atoms with Gasteiger partial charge in [0.1, 0.15) is 5.52 Å². The van der Waals surface area contributed by atoms with Crippen LogP contribution in [0.4, 0.5) is 0 Å². The molecule has 5 heteroatoms. The molecule has 2 aliphatic rings. The van der Waals surface area contributed by atoms with Gasteiger partial charge >= 0.3 is 0 Å². The summed E-state index contributed by atoms with van der Waals surface area (Å²) >= 11 is 0. The van der Waals surface area contributed by atoms with Gasteiger partial charge in [-0.25, -0.2) is 4.98 Å². The van der Waals surface area contributed by atoms with E-state index in [9.17, 15) is 0 Å². The van der Waals surface area contributed by atoms with Crippen LogP contribution in [0.1, 0.15) is 25.2 Å². The topological polar surface area (TPSA) is 53.3 Å². The molecular formula is C16H22N4O. The summed E-state index contributed by atoms with van der Waals surface area (Å²) in [6, 6.07) is 8.65. The first-order valence-corrected chi connectivity index (χ1v) is 7.94. The van der Waals surface area contributed by atoms with Crippen molar-refractivity contribution < 1.29 is 4.42 Å². The van der Waals surface area contributed by atoms with E-state index >= 15 is 0 Å². The SMILES string of the molecule is c1ccc2oc(CN3CCC(C4CCNN4)CC3)nc2c1. The lowest BCUT2D eigenvalue weighted by Gasteiger charge is -2.33. The van der Waals surface area contributed by atoms with Crippen molar-refractivity contribution in [1.82, 2.24) is 20.7 Å². The number of rotatable bonds is 3.